The van der Waals surface area contributed by atoms with Gasteiger partial charge in [-0.2, -0.15) is 0 Å². The second-order valence-electron chi connectivity index (χ2n) is 6.30. The van der Waals surface area contributed by atoms with Gasteiger partial charge in [0.2, 0.25) is 11.7 Å². The largest absolute Gasteiger partial charge is 0.491 e. The van der Waals surface area contributed by atoms with Crippen LogP contribution < -0.4 is 15.4 Å². The van der Waals surface area contributed by atoms with Crippen LogP contribution in [0.5, 0.6) is 5.75 Å². The minimum Gasteiger partial charge on any atom is -0.491 e. The second-order valence-corrected chi connectivity index (χ2v) is 7.21. The van der Waals surface area contributed by atoms with Gasteiger partial charge in [0.05, 0.1) is 18.7 Å². The van der Waals surface area contributed by atoms with Crippen LogP contribution in [0.4, 0.5) is 5.69 Å². The molecule has 0 unspecified atom stereocenters. The van der Waals surface area contributed by atoms with Crippen molar-refractivity contribution in [2.75, 3.05) is 18.6 Å². The van der Waals surface area contributed by atoms with E-state index >= 15 is 0 Å². The van der Waals surface area contributed by atoms with E-state index in [2.05, 4.69) is 31.1 Å². The third-order valence-corrected chi connectivity index (χ3v) is 4.69. The summed E-state index contributed by atoms with van der Waals surface area (Å²) in [4.78, 5) is 27.9. The van der Waals surface area contributed by atoms with Crippen LogP contribution in [-0.2, 0) is 11.2 Å². The first kappa shape index (κ1) is 20.5. The van der Waals surface area contributed by atoms with Gasteiger partial charge in [-0.05, 0) is 23.8 Å². The van der Waals surface area contributed by atoms with Crippen molar-refractivity contribution in [3.63, 3.8) is 0 Å². The maximum absolute atomic E-state index is 11.5. The Balaban J connectivity index is 0.000000166. The van der Waals surface area contributed by atoms with E-state index in [1.54, 1.807) is 11.9 Å². The minimum absolute atomic E-state index is 0.0286. The highest BCUT2D eigenvalue weighted by Gasteiger charge is 2.19. The van der Waals surface area contributed by atoms with Gasteiger partial charge in [-0.25, -0.2) is 4.98 Å². The molecule has 29 heavy (non-hydrogen) atoms. The van der Waals surface area contributed by atoms with Crippen molar-refractivity contribution in [1.29, 1.82) is 0 Å². The lowest BCUT2D eigenvalue weighted by Crippen LogP contribution is -2.25. The number of benzene rings is 2. The zero-order valence-electron chi connectivity index (χ0n) is 15.8. The van der Waals surface area contributed by atoms with Gasteiger partial charge in [-0.15, -0.1) is 5.10 Å². The van der Waals surface area contributed by atoms with Gasteiger partial charge in [-0.1, -0.05) is 46.3 Å². The lowest BCUT2D eigenvalue weighted by atomic mass is 10.1. The number of nitrogens with two attached hydrogens (primary N) is 1. The molecule has 1 aromatic heterocycles. The number of primary amides is 1. The minimum atomic E-state index is -0.620. The SMILES string of the molecule is CN1C(=O)CCOc2ccc(Br)cc21.NC(=O)c1n[nH]c(Cc2ccccc2)n1. The number of halogens is 1. The Bertz CT molecular complexity index is 1010. The van der Waals surface area contributed by atoms with Gasteiger partial charge in [0, 0.05) is 17.9 Å². The van der Waals surface area contributed by atoms with Crippen molar-refractivity contribution in [2.24, 2.45) is 5.73 Å². The number of carbonyl (C=O) groups is 2. The quantitative estimate of drug-likeness (QED) is 0.627. The fourth-order valence-corrected chi connectivity index (χ4v) is 3.05. The number of H-pyrrole nitrogens is 1. The van der Waals surface area contributed by atoms with Crippen LogP contribution in [-0.4, -0.2) is 40.7 Å². The molecule has 3 aromatic rings. The standard InChI is InChI=1S/C10H10BrNO2.C10H10N4O/c1-12-8-6-7(11)2-3-9(8)14-5-4-10(12)13;11-9(15)10-12-8(13-14-10)6-7-4-2-1-3-5-7/h2-3,6H,4-5H2,1H3;1-5H,6H2,(H2,11,15)(H,12,13,14). The molecule has 0 saturated carbocycles. The number of hydrogen-bond acceptors (Lipinski definition) is 5. The van der Waals surface area contributed by atoms with E-state index in [-0.39, 0.29) is 11.7 Å². The highest BCUT2D eigenvalue weighted by atomic mass is 79.9. The number of hydrogen-bond donors (Lipinski definition) is 2. The molecule has 0 bridgehead atoms. The molecule has 1 aliphatic heterocycles. The van der Waals surface area contributed by atoms with Crippen molar-refractivity contribution < 1.29 is 14.3 Å². The van der Waals surface area contributed by atoms with Gasteiger partial charge in [-0.3, -0.25) is 14.7 Å². The number of rotatable bonds is 3. The summed E-state index contributed by atoms with van der Waals surface area (Å²) >= 11 is 3.37. The molecule has 4 rings (SSSR count). The molecule has 0 fully saturated rings. The zero-order chi connectivity index (χ0) is 20.8. The molecule has 8 nitrogen and oxygen atoms in total. The monoisotopic (exact) mass is 457 g/mol. The molecule has 0 radical (unpaired) electrons. The molecule has 0 atom stereocenters. The van der Waals surface area contributed by atoms with Crippen LogP contribution in [0.1, 0.15) is 28.4 Å². The summed E-state index contributed by atoms with van der Waals surface area (Å²) in [6.45, 7) is 0.456. The molecular formula is C20H20BrN5O3. The molecule has 2 heterocycles. The van der Waals surface area contributed by atoms with Crippen LogP contribution in [0.25, 0.3) is 0 Å². The Morgan fingerprint density at radius 1 is 1.28 bits per heavy atom. The van der Waals surface area contributed by atoms with E-state index < -0.39 is 5.91 Å². The topological polar surface area (TPSA) is 114 Å². The summed E-state index contributed by atoms with van der Waals surface area (Å²) in [6, 6.07) is 15.5. The normalized spacial score (nSPS) is 12.9. The van der Waals surface area contributed by atoms with E-state index in [9.17, 15) is 9.59 Å². The maximum atomic E-state index is 11.5. The summed E-state index contributed by atoms with van der Waals surface area (Å²) in [7, 11) is 1.77. The molecule has 150 valence electrons. The Kier molecular flexibility index (Phi) is 6.61. The molecule has 2 aromatic carbocycles. The number of amides is 2. The lowest BCUT2D eigenvalue weighted by Gasteiger charge is -2.16. The molecule has 2 amide bonds. The molecule has 1 aliphatic rings. The Hall–Kier alpha value is -3.20. The van der Waals surface area contributed by atoms with Crippen LogP contribution >= 0.6 is 15.9 Å². The highest BCUT2D eigenvalue weighted by Crippen LogP contribution is 2.32. The predicted molar refractivity (Wildman–Crippen MR) is 112 cm³/mol. The summed E-state index contributed by atoms with van der Waals surface area (Å²) in [5, 5.41) is 6.37. The zero-order valence-corrected chi connectivity index (χ0v) is 17.3. The number of anilines is 1. The van der Waals surface area contributed by atoms with Crippen LogP contribution in [0.3, 0.4) is 0 Å². The predicted octanol–water partition coefficient (Wildman–Crippen LogP) is 2.69. The van der Waals surface area contributed by atoms with E-state index in [0.717, 1.165) is 21.5 Å². The van der Waals surface area contributed by atoms with Crippen molar-refractivity contribution in [3.05, 3.63) is 70.2 Å². The van der Waals surface area contributed by atoms with Crippen LogP contribution in [0.15, 0.2) is 53.0 Å². The van der Waals surface area contributed by atoms with Gasteiger partial charge in [0.1, 0.15) is 11.6 Å². The van der Waals surface area contributed by atoms with Crippen molar-refractivity contribution in [2.45, 2.75) is 12.8 Å². The van der Waals surface area contributed by atoms with Gasteiger partial charge < -0.3 is 15.4 Å². The van der Waals surface area contributed by atoms with E-state index in [0.29, 0.717) is 25.3 Å². The van der Waals surface area contributed by atoms with Gasteiger partial charge in [0.15, 0.2) is 0 Å². The van der Waals surface area contributed by atoms with Crippen molar-refractivity contribution in [1.82, 2.24) is 15.2 Å². The van der Waals surface area contributed by atoms with Crippen molar-refractivity contribution >= 4 is 33.4 Å². The number of aromatic nitrogens is 3. The van der Waals surface area contributed by atoms with Crippen LogP contribution in [0, 0.1) is 0 Å². The number of ether oxygens (including phenoxy) is 1. The molecule has 0 saturated heterocycles. The summed E-state index contributed by atoms with van der Waals surface area (Å²) < 4.78 is 6.41. The Morgan fingerprint density at radius 2 is 2.03 bits per heavy atom. The summed E-state index contributed by atoms with van der Waals surface area (Å²) in [5.41, 5.74) is 6.96. The van der Waals surface area contributed by atoms with Crippen LogP contribution in [0.2, 0.25) is 0 Å². The summed E-state index contributed by atoms with van der Waals surface area (Å²) in [6.07, 6.45) is 1.05. The third kappa shape index (κ3) is 5.41. The fourth-order valence-electron chi connectivity index (χ4n) is 2.70. The summed E-state index contributed by atoms with van der Waals surface area (Å²) in [5.74, 6) is 0.893. The average molecular weight is 458 g/mol. The van der Waals surface area contributed by atoms with E-state index in [1.165, 1.54) is 0 Å². The molecule has 0 spiro atoms. The molecule has 9 heteroatoms. The Labute approximate surface area is 176 Å². The fraction of sp³-hybridized carbons (Fsp3) is 0.200. The maximum Gasteiger partial charge on any atom is 0.288 e. The number of nitrogens with zero attached hydrogens (tertiary/aromatic N) is 3. The first-order chi connectivity index (χ1) is 13.9. The molecular weight excluding hydrogens is 438 g/mol. The Morgan fingerprint density at radius 3 is 2.72 bits per heavy atom. The smallest absolute Gasteiger partial charge is 0.288 e. The second kappa shape index (κ2) is 9.33. The number of aromatic amines is 1. The first-order valence-corrected chi connectivity index (χ1v) is 9.67. The average Bonchev–Trinajstić information content (AvgIpc) is 3.13. The number of fused-ring (bicyclic) bond motifs is 1. The van der Waals surface area contributed by atoms with E-state index in [4.69, 9.17) is 10.5 Å². The van der Waals surface area contributed by atoms with Gasteiger partial charge >= 0.3 is 0 Å². The van der Waals surface area contributed by atoms with Gasteiger partial charge in [0.25, 0.3) is 5.91 Å². The highest BCUT2D eigenvalue weighted by molar-refractivity contribution is 9.10. The lowest BCUT2D eigenvalue weighted by molar-refractivity contribution is -0.118. The first-order valence-electron chi connectivity index (χ1n) is 8.88. The molecule has 0 aliphatic carbocycles. The van der Waals surface area contributed by atoms with E-state index in [1.807, 2.05) is 48.5 Å². The third-order valence-electron chi connectivity index (χ3n) is 4.20. The van der Waals surface area contributed by atoms with Crippen molar-refractivity contribution in [3.8, 4) is 5.75 Å². The molecule has 3 N–H and O–H groups in total. The number of nitrogens with one attached hydrogen (secondary N) is 1. The number of carbonyl (C=O) groups excluding carboxylic acids is 2.